The van der Waals surface area contributed by atoms with Gasteiger partial charge in [-0.1, -0.05) is 128 Å². The van der Waals surface area contributed by atoms with E-state index in [4.69, 9.17) is 9.97 Å². The second kappa shape index (κ2) is 10.7. The summed E-state index contributed by atoms with van der Waals surface area (Å²) >= 11 is 1.87. The molecule has 0 atom stereocenters. The van der Waals surface area contributed by atoms with Crippen molar-refractivity contribution in [1.82, 2.24) is 14.5 Å². The Balaban J connectivity index is 1.46. The first kappa shape index (κ1) is 28.0. The summed E-state index contributed by atoms with van der Waals surface area (Å²) in [5.74, 6) is 0.834. The van der Waals surface area contributed by atoms with Crippen LogP contribution in [0, 0.1) is 6.92 Å². The van der Waals surface area contributed by atoms with Crippen molar-refractivity contribution in [2.24, 2.45) is 0 Å². The molecule has 230 valence electrons. The third kappa shape index (κ3) is 4.08. The summed E-state index contributed by atoms with van der Waals surface area (Å²) in [6.07, 6.45) is 6.01. The number of para-hydroxylation sites is 1. The first-order chi connectivity index (χ1) is 24.2. The lowest BCUT2D eigenvalue weighted by molar-refractivity contribution is 1.09. The number of fused-ring (bicyclic) bond motifs is 13. The molecule has 0 saturated heterocycles. The number of aryl methyl sites for hydroxylation is 1. The zero-order valence-corrected chi connectivity index (χ0v) is 27.6. The molecule has 0 aliphatic rings. The molecule has 4 heteroatoms. The summed E-state index contributed by atoms with van der Waals surface area (Å²) in [6.45, 7) is 6.10. The quantitative estimate of drug-likeness (QED) is 0.141. The van der Waals surface area contributed by atoms with Gasteiger partial charge in [0.1, 0.15) is 5.69 Å². The van der Waals surface area contributed by atoms with Crippen molar-refractivity contribution in [2.45, 2.75) is 6.92 Å². The summed E-state index contributed by atoms with van der Waals surface area (Å²) < 4.78 is 4.93. The van der Waals surface area contributed by atoms with Gasteiger partial charge < -0.3 is 0 Å². The van der Waals surface area contributed by atoms with E-state index in [0.29, 0.717) is 0 Å². The average Bonchev–Trinajstić information content (AvgIpc) is 3.69. The molecular formula is C45H29N3S. The highest BCUT2D eigenvalue weighted by atomic mass is 32.1. The molecule has 0 N–H and O–H groups in total. The zero-order chi connectivity index (χ0) is 32.6. The Bertz CT molecular complexity index is 3020. The summed E-state index contributed by atoms with van der Waals surface area (Å²) in [5.41, 5.74) is 8.42. The molecule has 49 heavy (non-hydrogen) atoms. The lowest BCUT2D eigenvalue weighted by Gasteiger charge is -2.15. The van der Waals surface area contributed by atoms with Crippen molar-refractivity contribution in [3.05, 3.63) is 157 Å². The molecule has 10 aromatic rings. The van der Waals surface area contributed by atoms with E-state index in [0.717, 1.165) is 44.4 Å². The Kier molecular flexibility index (Phi) is 6.11. The molecule has 0 spiro atoms. The van der Waals surface area contributed by atoms with E-state index in [1.807, 2.05) is 23.5 Å². The molecule has 0 fully saturated rings. The molecule has 3 nitrogen and oxygen atoms in total. The van der Waals surface area contributed by atoms with E-state index in [9.17, 15) is 0 Å². The first-order valence-corrected chi connectivity index (χ1v) is 17.4. The Morgan fingerprint density at radius 2 is 1.39 bits per heavy atom. The largest absolute Gasteiger partial charge is 0.290 e. The SMILES string of the molecule is C=C/C=C\c1cc2c(cc1C)sc1c2c2ccccc2c2c3ccccc3n(-c3nc4c(ccc5ccccc54)nc3-c3ccccc3)c12. The van der Waals surface area contributed by atoms with Crippen LogP contribution in [0.25, 0.3) is 97.7 Å². The van der Waals surface area contributed by atoms with Gasteiger partial charge in [-0.05, 0) is 58.5 Å². The van der Waals surface area contributed by atoms with Crippen molar-refractivity contribution >= 4 is 92.0 Å². The molecule has 0 radical (unpaired) electrons. The lowest BCUT2D eigenvalue weighted by atomic mass is 9.97. The van der Waals surface area contributed by atoms with Gasteiger partial charge in [0, 0.05) is 37.2 Å². The normalized spacial score (nSPS) is 12.2. The fourth-order valence-corrected chi connectivity index (χ4v) is 8.98. The van der Waals surface area contributed by atoms with E-state index in [2.05, 4.69) is 152 Å². The monoisotopic (exact) mass is 643 g/mol. The van der Waals surface area contributed by atoms with Crippen LogP contribution in [0.4, 0.5) is 0 Å². The average molecular weight is 644 g/mol. The number of aromatic nitrogens is 3. The van der Waals surface area contributed by atoms with Crippen LogP contribution < -0.4 is 0 Å². The number of hydrogen-bond acceptors (Lipinski definition) is 3. The predicted octanol–water partition coefficient (Wildman–Crippen LogP) is 12.6. The molecule has 0 amide bonds. The molecule has 0 unspecified atom stereocenters. The maximum absolute atomic E-state index is 5.61. The van der Waals surface area contributed by atoms with E-state index in [1.54, 1.807) is 0 Å². The summed E-state index contributed by atoms with van der Waals surface area (Å²) in [4.78, 5) is 11.0. The maximum atomic E-state index is 5.61. The van der Waals surface area contributed by atoms with Crippen LogP contribution in [-0.2, 0) is 0 Å². The van der Waals surface area contributed by atoms with Crippen LogP contribution in [0.2, 0.25) is 0 Å². The molecule has 0 bridgehead atoms. The topological polar surface area (TPSA) is 30.7 Å². The lowest BCUT2D eigenvalue weighted by Crippen LogP contribution is -2.04. The number of rotatable bonds is 4. The van der Waals surface area contributed by atoms with Gasteiger partial charge in [0.2, 0.25) is 0 Å². The predicted molar refractivity (Wildman–Crippen MR) is 211 cm³/mol. The van der Waals surface area contributed by atoms with Crippen LogP contribution >= 0.6 is 11.3 Å². The van der Waals surface area contributed by atoms with Gasteiger partial charge in [0.05, 0.1) is 26.8 Å². The minimum atomic E-state index is 0.834. The molecule has 0 aliphatic heterocycles. The molecule has 3 heterocycles. The molecule has 0 saturated carbocycles. The minimum absolute atomic E-state index is 0.834. The van der Waals surface area contributed by atoms with Gasteiger partial charge in [-0.25, -0.2) is 9.97 Å². The van der Waals surface area contributed by atoms with Crippen molar-refractivity contribution in [3.63, 3.8) is 0 Å². The molecular weight excluding hydrogens is 615 g/mol. The van der Waals surface area contributed by atoms with Crippen LogP contribution in [0.1, 0.15) is 11.1 Å². The summed E-state index contributed by atoms with van der Waals surface area (Å²) in [5, 5.41) is 9.75. The summed E-state index contributed by atoms with van der Waals surface area (Å²) in [6, 6.07) is 45.6. The van der Waals surface area contributed by atoms with Gasteiger partial charge >= 0.3 is 0 Å². The highest BCUT2D eigenvalue weighted by Crippen LogP contribution is 2.49. The number of benzene rings is 7. The highest BCUT2D eigenvalue weighted by molar-refractivity contribution is 7.27. The van der Waals surface area contributed by atoms with Gasteiger partial charge in [0.15, 0.2) is 5.82 Å². The van der Waals surface area contributed by atoms with Crippen molar-refractivity contribution in [1.29, 1.82) is 0 Å². The number of nitrogens with zero attached hydrogens (tertiary/aromatic N) is 3. The summed E-state index contributed by atoms with van der Waals surface area (Å²) in [7, 11) is 0. The standard InChI is InChI=1S/C45H29N3S/c1-3-4-14-30-26-35-38(25-27(30)2)49-44-40(35)33-20-11-10-19-32(33)39-34-21-12-13-22-37(34)48(43(39)44)45-41(29-16-6-5-7-17-29)46-36-24-23-28-15-8-9-18-31(28)42(36)47-45/h3-26H,1H2,2H3/b14-4-. The van der Waals surface area contributed by atoms with Crippen LogP contribution in [0.15, 0.2) is 146 Å². The molecule has 0 aliphatic carbocycles. The van der Waals surface area contributed by atoms with Crippen molar-refractivity contribution in [3.8, 4) is 17.1 Å². The van der Waals surface area contributed by atoms with Crippen molar-refractivity contribution in [2.75, 3.05) is 0 Å². The van der Waals surface area contributed by atoms with Crippen LogP contribution in [0.5, 0.6) is 0 Å². The Morgan fingerprint density at radius 3 is 2.20 bits per heavy atom. The molecule has 7 aromatic carbocycles. The fourth-order valence-electron chi connectivity index (χ4n) is 7.64. The second-order valence-corrected chi connectivity index (χ2v) is 13.7. The smallest absolute Gasteiger partial charge is 0.165 e. The van der Waals surface area contributed by atoms with Crippen LogP contribution in [0.3, 0.4) is 0 Å². The van der Waals surface area contributed by atoms with Gasteiger partial charge in [-0.15, -0.1) is 11.3 Å². The van der Waals surface area contributed by atoms with E-state index in [1.165, 1.54) is 58.4 Å². The van der Waals surface area contributed by atoms with E-state index >= 15 is 0 Å². The van der Waals surface area contributed by atoms with Gasteiger partial charge in [-0.3, -0.25) is 4.57 Å². The van der Waals surface area contributed by atoms with Crippen LogP contribution in [-0.4, -0.2) is 14.5 Å². The van der Waals surface area contributed by atoms with Gasteiger partial charge in [0.25, 0.3) is 0 Å². The Hall–Kier alpha value is -6.10. The van der Waals surface area contributed by atoms with E-state index < -0.39 is 0 Å². The zero-order valence-electron chi connectivity index (χ0n) is 26.8. The Labute approximate surface area is 286 Å². The number of thiophene rings is 1. The fraction of sp³-hybridized carbons (Fsp3) is 0.0222. The van der Waals surface area contributed by atoms with Crippen molar-refractivity contribution < 1.29 is 0 Å². The molecule has 10 rings (SSSR count). The van der Waals surface area contributed by atoms with E-state index in [-0.39, 0.29) is 0 Å². The molecule has 3 aromatic heterocycles. The third-order valence-corrected chi connectivity index (χ3v) is 11.0. The van der Waals surface area contributed by atoms with Gasteiger partial charge in [-0.2, -0.15) is 0 Å². The second-order valence-electron chi connectivity index (χ2n) is 12.6. The Morgan fingerprint density at radius 1 is 0.673 bits per heavy atom. The minimum Gasteiger partial charge on any atom is -0.290 e. The number of allylic oxidation sites excluding steroid dienone is 2. The maximum Gasteiger partial charge on any atom is 0.165 e. The third-order valence-electron chi connectivity index (χ3n) is 9.84. The first-order valence-electron chi connectivity index (χ1n) is 16.5. The highest BCUT2D eigenvalue weighted by Gasteiger charge is 2.25. The number of hydrogen-bond donors (Lipinski definition) is 0.